The minimum absolute atomic E-state index is 0.103. The molecule has 3 nitrogen and oxygen atoms in total. The van der Waals surface area contributed by atoms with Gasteiger partial charge in [-0.2, -0.15) is 0 Å². The topological polar surface area (TPSA) is 38.3 Å². The zero-order valence-corrected chi connectivity index (χ0v) is 13.2. The van der Waals surface area contributed by atoms with Crippen molar-refractivity contribution in [3.8, 4) is 0 Å². The first-order valence-corrected chi connectivity index (χ1v) is 7.49. The predicted molar refractivity (Wildman–Crippen MR) is 83.8 cm³/mol. The fourth-order valence-electron chi connectivity index (χ4n) is 2.02. The van der Waals surface area contributed by atoms with E-state index >= 15 is 0 Å². The summed E-state index contributed by atoms with van der Waals surface area (Å²) in [7, 11) is 0. The second-order valence-electron chi connectivity index (χ2n) is 5.82. The molecule has 0 radical (unpaired) electrons. The number of anilines is 1. The Morgan fingerprint density at radius 1 is 1.20 bits per heavy atom. The summed E-state index contributed by atoms with van der Waals surface area (Å²) in [4.78, 5) is 11.1. The normalized spacial score (nSPS) is 11.2. The lowest BCUT2D eigenvalue weighted by atomic mass is 9.97. The van der Waals surface area contributed by atoms with Crippen molar-refractivity contribution < 1.29 is 9.53 Å². The van der Waals surface area contributed by atoms with Crippen molar-refractivity contribution in [1.29, 1.82) is 0 Å². The number of benzene rings is 1. The van der Waals surface area contributed by atoms with Crippen LogP contribution in [0.2, 0.25) is 0 Å². The molecule has 0 saturated heterocycles. The standard InChI is InChI=1S/C17H27NO2/c1-5-7-12-17(3,4)18-15-10-8-14(9-11-15)13-20-16(19)6-2/h8-11,18H,5-7,12-13H2,1-4H3. The van der Waals surface area contributed by atoms with Gasteiger partial charge in [0, 0.05) is 17.6 Å². The quantitative estimate of drug-likeness (QED) is 0.710. The molecular formula is C17H27NO2. The molecule has 0 atom stereocenters. The third-order valence-corrected chi connectivity index (χ3v) is 3.28. The van der Waals surface area contributed by atoms with Crippen LogP contribution in [-0.4, -0.2) is 11.5 Å². The molecule has 0 bridgehead atoms. The molecule has 0 spiro atoms. The van der Waals surface area contributed by atoms with Crippen LogP contribution in [0.25, 0.3) is 0 Å². The number of rotatable bonds is 8. The van der Waals surface area contributed by atoms with E-state index in [1.165, 1.54) is 12.8 Å². The molecule has 0 amide bonds. The van der Waals surface area contributed by atoms with E-state index in [4.69, 9.17) is 4.74 Å². The maximum Gasteiger partial charge on any atom is 0.305 e. The number of nitrogens with one attached hydrogen (secondary N) is 1. The van der Waals surface area contributed by atoms with Gasteiger partial charge in [-0.3, -0.25) is 4.79 Å². The van der Waals surface area contributed by atoms with Gasteiger partial charge in [-0.1, -0.05) is 38.8 Å². The minimum Gasteiger partial charge on any atom is -0.461 e. The SMILES string of the molecule is CCCCC(C)(C)Nc1ccc(COC(=O)CC)cc1. The first-order chi connectivity index (χ1) is 9.46. The summed E-state index contributed by atoms with van der Waals surface area (Å²) in [5.74, 6) is -0.159. The smallest absolute Gasteiger partial charge is 0.305 e. The van der Waals surface area contributed by atoms with Crippen molar-refractivity contribution in [3.05, 3.63) is 29.8 Å². The van der Waals surface area contributed by atoms with Crippen molar-refractivity contribution in [3.63, 3.8) is 0 Å². The zero-order chi connectivity index (χ0) is 15.0. The van der Waals surface area contributed by atoms with Crippen molar-refractivity contribution in [1.82, 2.24) is 0 Å². The van der Waals surface area contributed by atoms with E-state index in [-0.39, 0.29) is 11.5 Å². The Morgan fingerprint density at radius 3 is 2.40 bits per heavy atom. The van der Waals surface area contributed by atoms with E-state index < -0.39 is 0 Å². The Kier molecular flexibility index (Phi) is 6.56. The highest BCUT2D eigenvalue weighted by molar-refractivity contribution is 5.68. The first kappa shape index (κ1) is 16.5. The lowest BCUT2D eigenvalue weighted by Gasteiger charge is -2.27. The Morgan fingerprint density at radius 2 is 1.85 bits per heavy atom. The van der Waals surface area contributed by atoms with Gasteiger partial charge in [0.2, 0.25) is 0 Å². The van der Waals surface area contributed by atoms with Crippen LogP contribution in [0.4, 0.5) is 5.69 Å². The van der Waals surface area contributed by atoms with Gasteiger partial charge in [-0.05, 0) is 38.0 Å². The number of ether oxygens (including phenoxy) is 1. The molecule has 1 aromatic carbocycles. The zero-order valence-electron chi connectivity index (χ0n) is 13.2. The van der Waals surface area contributed by atoms with E-state index in [9.17, 15) is 4.79 Å². The number of hydrogen-bond donors (Lipinski definition) is 1. The number of esters is 1. The van der Waals surface area contributed by atoms with Crippen molar-refractivity contribution >= 4 is 11.7 Å². The third kappa shape index (κ3) is 6.09. The number of unbranched alkanes of at least 4 members (excludes halogenated alkanes) is 1. The van der Waals surface area contributed by atoms with Gasteiger partial charge in [-0.15, -0.1) is 0 Å². The van der Waals surface area contributed by atoms with Crippen LogP contribution in [0.3, 0.4) is 0 Å². The third-order valence-electron chi connectivity index (χ3n) is 3.28. The second-order valence-corrected chi connectivity index (χ2v) is 5.82. The lowest BCUT2D eigenvalue weighted by Crippen LogP contribution is -2.30. The maximum absolute atomic E-state index is 11.1. The Hall–Kier alpha value is -1.51. The summed E-state index contributed by atoms with van der Waals surface area (Å²) in [6, 6.07) is 8.09. The Bertz CT molecular complexity index is 410. The Balaban J connectivity index is 2.51. The van der Waals surface area contributed by atoms with Crippen molar-refractivity contribution in [2.24, 2.45) is 0 Å². The molecule has 1 N–H and O–H groups in total. The molecule has 0 aliphatic heterocycles. The maximum atomic E-state index is 11.1. The van der Waals surface area contributed by atoms with Gasteiger partial charge >= 0.3 is 5.97 Å². The van der Waals surface area contributed by atoms with Crippen molar-refractivity contribution in [2.75, 3.05) is 5.32 Å². The summed E-state index contributed by atoms with van der Waals surface area (Å²) in [5.41, 5.74) is 2.23. The van der Waals surface area contributed by atoms with Gasteiger partial charge < -0.3 is 10.1 Å². The van der Waals surface area contributed by atoms with Crippen LogP contribution in [0, 0.1) is 0 Å². The van der Waals surface area contributed by atoms with Gasteiger partial charge in [0.15, 0.2) is 0 Å². The average Bonchev–Trinajstić information content (AvgIpc) is 2.43. The van der Waals surface area contributed by atoms with E-state index in [0.29, 0.717) is 13.0 Å². The number of carbonyl (C=O) groups excluding carboxylic acids is 1. The van der Waals surface area contributed by atoms with E-state index in [1.807, 2.05) is 24.3 Å². The Labute approximate surface area is 122 Å². The molecule has 1 aromatic rings. The van der Waals surface area contributed by atoms with Crippen LogP contribution in [-0.2, 0) is 16.1 Å². The summed E-state index contributed by atoms with van der Waals surface area (Å²) < 4.78 is 5.11. The molecule has 3 heteroatoms. The molecule has 0 fully saturated rings. The van der Waals surface area contributed by atoms with Gasteiger partial charge in [0.1, 0.15) is 6.61 Å². The summed E-state index contributed by atoms with van der Waals surface area (Å²) >= 11 is 0. The van der Waals surface area contributed by atoms with Crippen LogP contribution < -0.4 is 5.32 Å². The van der Waals surface area contributed by atoms with Gasteiger partial charge in [0.05, 0.1) is 0 Å². The fraction of sp³-hybridized carbons (Fsp3) is 0.588. The summed E-state index contributed by atoms with van der Waals surface area (Å²) in [6.45, 7) is 8.81. The molecule has 0 aromatic heterocycles. The van der Waals surface area contributed by atoms with E-state index in [1.54, 1.807) is 6.92 Å². The van der Waals surface area contributed by atoms with Crippen LogP contribution in [0.1, 0.15) is 58.9 Å². The fourth-order valence-corrected chi connectivity index (χ4v) is 2.02. The van der Waals surface area contributed by atoms with Crippen LogP contribution in [0.5, 0.6) is 0 Å². The van der Waals surface area contributed by atoms with Gasteiger partial charge in [0.25, 0.3) is 0 Å². The molecule has 20 heavy (non-hydrogen) atoms. The largest absolute Gasteiger partial charge is 0.461 e. The molecule has 0 unspecified atom stereocenters. The molecule has 0 heterocycles. The predicted octanol–water partition coefficient (Wildman–Crippen LogP) is 4.52. The van der Waals surface area contributed by atoms with Crippen molar-refractivity contribution in [2.45, 2.75) is 65.5 Å². The molecule has 112 valence electrons. The highest BCUT2D eigenvalue weighted by atomic mass is 16.5. The van der Waals surface area contributed by atoms with Gasteiger partial charge in [-0.25, -0.2) is 0 Å². The number of hydrogen-bond acceptors (Lipinski definition) is 3. The molecule has 0 aliphatic carbocycles. The molecule has 1 rings (SSSR count). The lowest BCUT2D eigenvalue weighted by molar-refractivity contribution is -0.144. The van der Waals surface area contributed by atoms with E-state index in [2.05, 4.69) is 26.1 Å². The monoisotopic (exact) mass is 277 g/mol. The van der Waals surface area contributed by atoms with Crippen LogP contribution in [0.15, 0.2) is 24.3 Å². The molecular weight excluding hydrogens is 250 g/mol. The second kappa shape index (κ2) is 7.93. The summed E-state index contributed by atoms with van der Waals surface area (Å²) in [5, 5.41) is 3.55. The summed E-state index contributed by atoms with van der Waals surface area (Å²) in [6.07, 6.45) is 4.02. The van der Waals surface area contributed by atoms with Crippen LogP contribution >= 0.6 is 0 Å². The highest BCUT2D eigenvalue weighted by Gasteiger charge is 2.16. The molecule has 0 saturated carbocycles. The highest BCUT2D eigenvalue weighted by Crippen LogP contribution is 2.21. The first-order valence-electron chi connectivity index (χ1n) is 7.49. The average molecular weight is 277 g/mol. The van der Waals surface area contributed by atoms with E-state index in [0.717, 1.165) is 17.7 Å². The molecule has 0 aliphatic rings. The minimum atomic E-state index is -0.159. The number of carbonyl (C=O) groups is 1.